The van der Waals surface area contributed by atoms with Crippen LogP contribution in [0.25, 0.3) is 0 Å². The van der Waals surface area contributed by atoms with Crippen molar-refractivity contribution in [3.8, 4) is 0 Å². The minimum Gasteiger partial charge on any atom is -0.339 e. The molecule has 1 aliphatic heterocycles. The Bertz CT molecular complexity index is 1050. The van der Waals surface area contributed by atoms with Gasteiger partial charge in [-0.1, -0.05) is 30.3 Å². The second-order valence-corrected chi connectivity index (χ2v) is 6.22. The largest absolute Gasteiger partial charge is 0.339 e. The molecule has 1 amide bonds. The normalized spacial score (nSPS) is 13.6. The van der Waals surface area contributed by atoms with Gasteiger partial charge < -0.3 is 10.6 Å². The Kier molecular flexibility index (Phi) is 5.28. The van der Waals surface area contributed by atoms with Crippen molar-refractivity contribution in [2.24, 2.45) is 15.4 Å². The van der Waals surface area contributed by atoms with E-state index >= 15 is 0 Å². The molecule has 4 rings (SSSR count). The number of aromatic nitrogens is 2. The zero-order valence-electron chi connectivity index (χ0n) is 15.2. The SMILES string of the molecule is O=C(Nc1ccccc1)C(Nc1ncc(C2=NN=NC2)cn1)c1ccc(F)cc1. The van der Waals surface area contributed by atoms with Gasteiger partial charge >= 0.3 is 0 Å². The van der Waals surface area contributed by atoms with E-state index in [0.717, 1.165) is 0 Å². The van der Waals surface area contributed by atoms with Gasteiger partial charge in [0.1, 0.15) is 18.4 Å². The summed E-state index contributed by atoms with van der Waals surface area (Å²) in [7, 11) is 0. The third-order valence-corrected chi connectivity index (χ3v) is 4.21. The highest BCUT2D eigenvalue weighted by Crippen LogP contribution is 2.21. The average molecular weight is 389 g/mol. The summed E-state index contributed by atoms with van der Waals surface area (Å²) in [5, 5.41) is 17.1. The molecule has 1 atom stereocenters. The van der Waals surface area contributed by atoms with Crippen molar-refractivity contribution in [3.05, 3.63) is 83.9 Å². The smallest absolute Gasteiger partial charge is 0.251 e. The van der Waals surface area contributed by atoms with Crippen LogP contribution in [0.5, 0.6) is 0 Å². The molecule has 0 saturated carbocycles. The third kappa shape index (κ3) is 4.46. The lowest BCUT2D eigenvalue weighted by Crippen LogP contribution is -2.28. The predicted molar refractivity (Wildman–Crippen MR) is 106 cm³/mol. The van der Waals surface area contributed by atoms with E-state index in [1.165, 1.54) is 12.1 Å². The number of hydrogen-bond acceptors (Lipinski definition) is 7. The number of carbonyl (C=O) groups is 1. The summed E-state index contributed by atoms with van der Waals surface area (Å²) < 4.78 is 13.3. The van der Waals surface area contributed by atoms with Crippen LogP contribution in [0.2, 0.25) is 0 Å². The Hall–Kier alpha value is -4.01. The van der Waals surface area contributed by atoms with E-state index < -0.39 is 6.04 Å². The van der Waals surface area contributed by atoms with Crippen LogP contribution < -0.4 is 10.6 Å². The minimum absolute atomic E-state index is 0.249. The van der Waals surface area contributed by atoms with E-state index in [0.29, 0.717) is 29.1 Å². The van der Waals surface area contributed by atoms with Crippen LogP contribution in [0, 0.1) is 5.82 Å². The average Bonchev–Trinajstić information content (AvgIpc) is 3.29. The third-order valence-electron chi connectivity index (χ3n) is 4.21. The van der Waals surface area contributed by atoms with Crippen LogP contribution in [0.4, 0.5) is 16.0 Å². The van der Waals surface area contributed by atoms with E-state index in [-0.39, 0.29) is 17.7 Å². The maximum Gasteiger partial charge on any atom is 0.251 e. The first-order valence-electron chi connectivity index (χ1n) is 8.83. The molecular formula is C20H16FN7O. The van der Waals surface area contributed by atoms with Crippen LogP contribution in [-0.4, -0.2) is 28.1 Å². The van der Waals surface area contributed by atoms with Gasteiger partial charge in [-0.2, -0.15) is 5.11 Å². The maximum absolute atomic E-state index is 13.3. The highest BCUT2D eigenvalue weighted by molar-refractivity contribution is 6.02. The molecule has 0 bridgehead atoms. The second kappa shape index (κ2) is 8.34. The molecule has 1 aliphatic rings. The molecule has 8 nitrogen and oxygen atoms in total. The molecule has 0 spiro atoms. The van der Waals surface area contributed by atoms with Gasteiger partial charge in [0.15, 0.2) is 0 Å². The number of amides is 1. The van der Waals surface area contributed by atoms with Gasteiger partial charge in [-0.15, -0.1) is 5.10 Å². The monoisotopic (exact) mass is 389 g/mol. The molecule has 144 valence electrons. The molecule has 2 N–H and O–H groups in total. The molecule has 9 heteroatoms. The van der Waals surface area contributed by atoms with Crippen molar-refractivity contribution in [1.29, 1.82) is 0 Å². The molecule has 0 fully saturated rings. The lowest BCUT2D eigenvalue weighted by Gasteiger charge is -2.19. The summed E-state index contributed by atoms with van der Waals surface area (Å²) >= 11 is 0. The highest BCUT2D eigenvalue weighted by Gasteiger charge is 2.22. The molecule has 1 unspecified atom stereocenters. The zero-order valence-corrected chi connectivity index (χ0v) is 15.2. The lowest BCUT2D eigenvalue weighted by molar-refractivity contribution is -0.117. The Morgan fingerprint density at radius 2 is 1.72 bits per heavy atom. The fourth-order valence-electron chi connectivity index (χ4n) is 2.74. The molecule has 1 aromatic heterocycles. The molecule has 0 saturated heterocycles. The fraction of sp³-hybridized carbons (Fsp3) is 0.100. The maximum atomic E-state index is 13.3. The summed E-state index contributed by atoms with van der Waals surface area (Å²) in [5.41, 5.74) is 2.60. The van der Waals surface area contributed by atoms with E-state index in [4.69, 9.17) is 0 Å². The Balaban J connectivity index is 1.56. The number of anilines is 2. The lowest BCUT2D eigenvalue weighted by atomic mass is 10.1. The van der Waals surface area contributed by atoms with Gasteiger partial charge in [0.2, 0.25) is 5.95 Å². The molecule has 0 aliphatic carbocycles. The van der Waals surface area contributed by atoms with Crippen LogP contribution in [0.15, 0.2) is 82.4 Å². The van der Waals surface area contributed by atoms with Crippen molar-refractivity contribution in [1.82, 2.24) is 9.97 Å². The van der Waals surface area contributed by atoms with Crippen molar-refractivity contribution in [3.63, 3.8) is 0 Å². The number of para-hydroxylation sites is 1. The number of carbonyl (C=O) groups excluding carboxylic acids is 1. The van der Waals surface area contributed by atoms with E-state index in [2.05, 4.69) is 36.0 Å². The van der Waals surface area contributed by atoms with Gasteiger partial charge in [-0.25, -0.2) is 14.4 Å². The van der Waals surface area contributed by atoms with Crippen molar-refractivity contribution in [2.75, 3.05) is 17.2 Å². The molecule has 2 aromatic carbocycles. The van der Waals surface area contributed by atoms with Gasteiger partial charge in [-0.3, -0.25) is 4.79 Å². The predicted octanol–water partition coefficient (Wildman–Crippen LogP) is 3.58. The quantitative estimate of drug-likeness (QED) is 0.672. The number of benzene rings is 2. The second-order valence-electron chi connectivity index (χ2n) is 6.22. The number of halogens is 1. The summed E-state index contributed by atoms with van der Waals surface area (Å²) in [4.78, 5) is 21.4. The Morgan fingerprint density at radius 3 is 2.38 bits per heavy atom. The standard InChI is InChI=1S/C20H16FN7O/c21-15-8-6-13(7-9-15)18(19(29)25-16-4-2-1-3-5-16)26-20-22-10-14(11-23-20)17-12-24-28-27-17/h1-11,18H,12H2,(H,25,29)(H,22,23,26). The summed E-state index contributed by atoms with van der Waals surface area (Å²) in [5.74, 6) is -0.461. The fourth-order valence-corrected chi connectivity index (χ4v) is 2.74. The van der Waals surface area contributed by atoms with Crippen molar-refractivity contribution >= 4 is 23.3 Å². The number of nitrogens with zero attached hydrogens (tertiary/aromatic N) is 5. The van der Waals surface area contributed by atoms with E-state index in [1.807, 2.05) is 18.2 Å². The molecule has 0 radical (unpaired) electrons. The first-order chi connectivity index (χ1) is 14.2. The highest BCUT2D eigenvalue weighted by atomic mass is 19.1. The van der Waals surface area contributed by atoms with E-state index in [1.54, 1.807) is 36.7 Å². The van der Waals surface area contributed by atoms with Crippen molar-refractivity contribution in [2.45, 2.75) is 6.04 Å². The minimum atomic E-state index is -0.824. The molecule has 2 heterocycles. The van der Waals surface area contributed by atoms with Crippen molar-refractivity contribution < 1.29 is 9.18 Å². The topological polar surface area (TPSA) is 104 Å². The molecule has 3 aromatic rings. The summed E-state index contributed by atoms with van der Waals surface area (Å²) in [6, 6.07) is 13.9. The van der Waals surface area contributed by atoms with Crippen LogP contribution in [-0.2, 0) is 4.79 Å². The van der Waals surface area contributed by atoms with Crippen LogP contribution in [0.1, 0.15) is 17.2 Å². The molecular weight excluding hydrogens is 373 g/mol. The summed E-state index contributed by atoms with van der Waals surface area (Å²) in [6.45, 7) is 0.383. The van der Waals surface area contributed by atoms with Gasteiger partial charge in [0.25, 0.3) is 5.91 Å². The number of nitrogens with one attached hydrogen (secondary N) is 2. The van der Waals surface area contributed by atoms with Gasteiger partial charge in [0, 0.05) is 23.6 Å². The Morgan fingerprint density at radius 1 is 1.00 bits per heavy atom. The first kappa shape index (κ1) is 18.4. The first-order valence-corrected chi connectivity index (χ1v) is 8.83. The Labute approximate surface area is 165 Å². The van der Waals surface area contributed by atoms with Gasteiger partial charge in [-0.05, 0) is 35.1 Å². The number of hydrogen-bond donors (Lipinski definition) is 2. The van der Waals surface area contributed by atoms with Crippen LogP contribution in [0.3, 0.4) is 0 Å². The zero-order chi connectivity index (χ0) is 20.1. The molecule has 29 heavy (non-hydrogen) atoms. The van der Waals surface area contributed by atoms with Gasteiger partial charge in [0.05, 0.1) is 5.71 Å². The van der Waals surface area contributed by atoms with E-state index in [9.17, 15) is 9.18 Å². The summed E-state index contributed by atoms with van der Waals surface area (Å²) in [6.07, 6.45) is 3.17. The number of rotatable bonds is 6. The van der Waals surface area contributed by atoms with Crippen LogP contribution >= 0.6 is 0 Å².